The van der Waals surface area contributed by atoms with Crippen LogP contribution in [0.5, 0.6) is 0 Å². The molecular weight excluding hydrogens is 437 g/mol. The zero-order valence-electron chi connectivity index (χ0n) is 17.7. The minimum atomic E-state index is -4.51. The second-order valence-corrected chi connectivity index (χ2v) is 7.29. The number of anilines is 3. The van der Waals surface area contributed by atoms with Gasteiger partial charge in [-0.25, -0.2) is 0 Å². The Morgan fingerprint density at radius 3 is 2.42 bits per heavy atom. The van der Waals surface area contributed by atoms with Gasteiger partial charge in [0.1, 0.15) is 5.69 Å². The molecule has 0 saturated carbocycles. The van der Waals surface area contributed by atoms with Crippen molar-refractivity contribution in [3.63, 3.8) is 0 Å². The van der Waals surface area contributed by atoms with Gasteiger partial charge in [-0.05, 0) is 41.8 Å². The molecule has 5 N–H and O–H groups in total. The van der Waals surface area contributed by atoms with Crippen LogP contribution in [0.3, 0.4) is 0 Å². The Morgan fingerprint density at radius 2 is 1.76 bits per heavy atom. The van der Waals surface area contributed by atoms with Crippen LogP contribution in [0.1, 0.15) is 11.3 Å². The molecule has 1 atom stereocenters. The maximum Gasteiger partial charge on any atom is 0.433 e. The smallest absolute Gasteiger partial charge is 0.351 e. The summed E-state index contributed by atoms with van der Waals surface area (Å²) in [5.74, 6) is 0.573. The molecule has 0 spiro atoms. The highest BCUT2D eigenvalue weighted by atomic mass is 19.4. The molecule has 0 fully saturated rings. The number of aliphatic hydroxyl groups is 1. The lowest BCUT2D eigenvalue weighted by Crippen LogP contribution is -2.20. The average Bonchev–Trinajstić information content (AvgIpc) is 3.45. The van der Waals surface area contributed by atoms with Gasteiger partial charge in [-0.2, -0.15) is 23.4 Å². The number of nitrogens with one attached hydrogen (secondary N) is 4. The molecule has 0 bridgehead atoms. The topological polar surface area (TPSA) is 111 Å². The molecule has 0 aliphatic carbocycles. The van der Waals surface area contributed by atoms with Crippen molar-refractivity contribution in [1.29, 1.82) is 0 Å². The van der Waals surface area contributed by atoms with Crippen molar-refractivity contribution in [3.8, 4) is 22.4 Å². The van der Waals surface area contributed by atoms with Gasteiger partial charge in [0, 0.05) is 30.1 Å². The third-order valence-corrected chi connectivity index (χ3v) is 5.01. The summed E-state index contributed by atoms with van der Waals surface area (Å²) in [6, 6.07) is 13.9. The third kappa shape index (κ3) is 4.99. The maximum absolute atomic E-state index is 13.1. The molecule has 0 radical (unpaired) electrons. The van der Waals surface area contributed by atoms with Gasteiger partial charge in [-0.15, -0.1) is 0 Å². The molecule has 172 valence electrons. The van der Waals surface area contributed by atoms with Gasteiger partial charge in [0.05, 0.1) is 11.9 Å². The normalized spacial score (nSPS) is 12.5. The molecule has 4 aromatic rings. The molecule has 2 aromatic carbocycles. The number of aromatic amines is 2. The number of halogens is 3. The molecule has 11 heteroatoms. The number of aromatic nitrogens is 4. The number of H-pyrrole nitrogens is 2. The van der Waals surface area contributed by atoms with Crippen molar-refractivity contribution >= 4 is 17.2 Å². The number of alkyl halides is 3. The van der Waals surface area contributed by atoms with Crippen LogP contribution in [0.4, 0.5) is 30.4 Å². The van der Waals surface area contributed by atoms with Crippen LogP contribution in [0, 0.1) is 6.92 Å². The number of ether oxygens (including phenoxy) is 1. The van der Waals surface area contributed by atoms with Gasteiger partial charge in [0.25, 0.3) is 0 Å². The Balaban J connectivity index is 1.49. The summed E-state index contributed by atoms with van der Waals surface area (Å²) >= 11 is 0. The van der Waals surface area contributed by atoms with E-state index in [1.165, 1.54) is 7.11 Å². The second-order valence-electron chi connectivity index (χ2n) is 7.29. The fraction of sp³-hybridized carbons (Fsp3) is 0.182. The summed E-state index contributed by atoms with van der Waals surface area (Å²) < 4.78 is 44.1. The highest BCUT2D eigenvalue weighted by molar-refractivity contribution is 5.72. The quantitative estimate of drug-likeness (QED) is 0.253. The molecule has 0 aliphatic heterocycles. The van der Waals surface area contributed by atoms with Gasteiger partial charge < -0.3 is 20.5 Å². The summed E-state index contributed by atoms with van der Waals surface area (Å²) in [7, 11) is 1.39. The lowest BCUT2D eigenvalue weighted by molar-refractivity contribution is -0.140. The lowest BCUT2D eigenvalue weighted by atomic mass is 10.0. The molecule has 8 nitrogen and oxygen atoms in total. The zero-order chi connectivity index (χ0) is 23.6. The molecule has 0 amide bonds. The van der Waals surface area contributed by atoms with Gasteiger partial charge in [0.2, 0.25) is 6.41 Å². The highest BCUT2D eigenvalue weighted by Gasteiger charge is 2.35. The minimum absolute atomic E-state index is 0.00699. The van der Waals surface area contributed by atoms with Gasteiger partial charge in [0.15, 0.2) is 5.82 Å². The van der Waals surface area contributed by atoms with Crippen molar-refractivity contribution in [2.75, 3.05) is 17.7 Å². The van der Waals surface area contributed by atoms with E-state index in [9.17, 15) is 18.3 Å². The predicted molar refractivity (Wildman–Crippen MR) is 118 cm³/mol. The van der Waals surface area contributed by atoms with Crippen LogP contribution in [-0.2, 0) is 10.9 Å². The van der Waals surface area contributed by atoms with Crippen LogP contribution < -0.4 is 10.6 Å². The summed E-state index contributed by atoms with van der Waals surface area (Å²) in [6.45, 7) is 1.91. The number of methoxy groups -OCH3 is 1. The van der Waals surface area contributed by atoms with E-state index in [0.717, 1.165) is 23.0 Å². The highest BCUT2D eigenvalue weighted by Crippen LogP contribution is 2.36. The number of hydrogen-bond donors (Lipinski definition) is 5. The Hall–Kier alpha value is -3.83. The number of rotatable bonds is 7. The van der Waals surface area contributed by atoms with Crippen LogP contribution in [-0.4, -0.2) is 39.0 Å². The average molecular weight is 458 g/mol. The molecule has 2 heterocycles. The maximum atomic E-state index is 13.1. The third-order valence-electron chi connectivity index (χ3n) is 5.01. The van der Waals surface area contributed by atoms with Crippen LogP contribution >= 0.6 is 0 Å². The number of benzene rings is 2. The lowest BCUT2D eigenvalue weighted by Gasteiger charge is -2.14. The Bertz CT molecular complexity index is 1230. The molecule has 4 rings (SSSR count). The van der Waals surface area contributed by atoms with E-state index >= 15 is 0 Å². The standard InChI is InChI=1S/C22H21F3N6O2/c1-12-9-15(27-21(32)33-2)7-8-17(12)28-19-10-18(29-30-19)14-5-3-13(4-6-14)16-11-26-31-20(16)22(23,24)25/h3-11,21,27,32H,1-2H3,(H,26,31)(H2,28,29,30). The van der Waals surface area contributed by atoms with E-state index in [2.05, 4.69) is 25.9 Å². The monoisotopic (exact) mass is 458 g/mol. The van der Waals surface area contributed by atoms with Crippen molar-refractivity contribution < 1.29 is 23.0 Å². The van der Waals surface area contributed by atoms with Crippen LogP contribution in [0.15, 0.2) is 54.7 Å². The molecule has 33 heavy (non-hydrogen) atoms. The Morgan fingerprint density at radius 1 is 1.03 bits per heavy atom. The van der Waals surface area contributed by atoms with Gasteiger partial charge in [-0.3, -0.25) is 10.2 Å². The van der Waals surface area contributed by atoms with Crippen LogP contribution in [0.2, 0.25) is 0 Å². The first-order valence-corrected chi connectivity index (χ1v) is 9.86. The van der Waals surface area contributed by atoms with Crippen molar-refractivity contribution in [2.24, 2.45) is 0 Å². The summed E-state index contributed by atoms with van der Waals surface area (Å²) in [4.78, 5) is 0. The molecule has 0 aliphatic rings. The summed E-state index contributed by atoms with van der Waals surface area (Å²) in [5.41, 5.74) is 3.41. The van der Waals surface area contributed by atoms with E-state index in [1.54, 1.807) is 36.4 Å². The largest absolute Gasteiger partial charge is 0.433 e. The number of aliphatic hydroxyl groups excluding tert-OH is 1. The Labute approximate surface area is 186 Å². The number of aryl methyl sites for hydroxylation is 1. The first-order valence-electron chi connectivity index (χ1n) is 9.86. The zero-order valence-corrected chi connectivity index (χ0v) is 17.7. The van der Waals surface area contributed by atoms with Crippen LogP contribution in [0.25, 0.3) is 22.4 Å². The molecule has 1 unspecified atom stereocenters. The van der Waals surface area contributed by atoms with E-state index < -0.39 is 18.3 Å². The predicted octanol–water partition coefficient (Wildman–Crippen LogP) is 4.87. The van der Waals surface area contributed by atoms with E-state index in [-0.39, 0.29) is 5.56 Å². The van der Waals surface area contributed by atoms with E-state index in [1.807, 2.05) is 24.2 Å². The van der Waals surface area contributed by atoms with Crippen molar-refractivity contribution in [3.05, 3.63) is 66.0 Å². The van der Waals surface area contributed by atoms with E-state index in [0.29, 0.717) is 22.8 Å². The minimum Gasteiger partial charge on any atom is -0.351 e. The summed E-state index contributed by atoms with van der Waals surface area (Å²) in [5, 5.41) is 28.2. The van der Waals surface area contributed by atoms with Gasteiger partial charge >= 0.3 is 6.18 Å². The van der Waals surface area contributed by atoms with Crippen molar-refractivity contribution in [1.82, 2.24) is 20.4 Å². The Kier molecular flexibility index (Phi) is 6.07. The molecule has 2 aromatic heterocycles. The first kappa shape index (κ1) is 22.4. The number of nitrogens with zero attached hydrogens (tertiary/aromatic N) is 2. The summed E-state index contributed by atoms with van der Waals surface area (Å²) in [6.07, 6.45) is -4.45. The second kappa shape index (κ2) is 8.96. The fourth-order valence-corrected chi connectivity index (χ4v) is 3.32. The van der Waals surface area contributed by atoms with E-state index in [4.69, 9.17) is 4.74 Å². The molecule has 0 saturated heterocycles. The molecular formula is C22H21F3N6O2. The first-order chi connectivity index (χ1) is 15.7. The SMILES string of the molecule is COC(O)Nc1ccc(Nc2cc(-c3ccc(-c4cn[nH]c4C(F)(F)F)cc3)[nH]n2)c(C)c1. The number of hydrogen-bond acceptors (Lipinski definition) is 6. The van der Waals surface area contributed by atoms with Gasteiger partial charge in [-0.1, -0.05) is 24.3 Å². The van der Waals surface area contributed by atoms with Crippen molar-refractivity contribution in [2.45, 2.75) is 19.5 Å². The fourth-order valence-electron chi connectivity index (χ4n) is 3.32.